The minimum atomic E-state index is 0.185. The summed E-state index contributed by atoms with van der Waals surface area (Å²) in [7, 11) is 2.10. The number of nitrogens with zero attached hydrogens (tertiary/aromatic N) is 4. The van der Waals surface area contributed by atoms with E-state index in [-0.39, 0.29) is 6.04 Å². The fourth-order valence-corrected chi connectivity index (χ4v) is 3.11. The van der Waals surface area contributed by atoms with E-state index in [2.05, 4.69) is 27.1 Å². The molecular formula is C19H20N4O2. The zero-order valence-electron chi connectivity index (χ0n) is 14.1. The van der Waals surface area contributed by atoms with Gasteiger partial charge in [0.25, 0.3) is 0 Å². The number of hydrogen-bond donors (Lipinski definition) is 0. The summed E-state index contributed by atoms with van der Waals surface area (Å²) >= 11 is 0. The van der Waals surface area contributed by atoms with Crippen molar-refractivity contribution in [1.82, 2.24) is 20.0 Å². The van der Waals surface area contributed by atoms with Gasteiger partial charge in [0.2, 0.25) is 17.6 Å². The number of aromatic nitrogens is 3. The quantitative estimate of drug-likeness (QED) is 0.715. The van der Waals surface area contributed by atoms with Crippen LogP contribution < -0.4 is 4.74 Å². The van der Waals surface area contributed by atoms with E-state index in [9.17, 15) is 0 Å². The second-order valence-corrected chi connectivity index (χ2v) is 6.22. The van der Waals surface area contributed by atoms with Crippen LogP contribution in [-0.4, -0.2) is 33.6 Å². The van der Waals surface area contributed by atoms with Crippen LogP contribution in [0.15, 0.2) is 53.2 Å². The van der Waals surface area contributed by atoms with Crippen molar-refractivity contribution in [2.24, 2.45) is 0 Å². The summed E-state index contributed by atoms with van der Waals surface area (Å²) in [5.74, 6) is 2.36. The number of rotatable bonds is 4. The summed E-state index contributed by atoms with van der Waals surface area (Å²) in [6.07, 6.45) is 5.13. The molecule has 128 valence electrons. The van der Waals surface area contributed by atoms with Gasteiger partial charge in [-0.3, -0.25) is 4.90 Å². The van der Waals surface area contributed by atoms with E-state index in [0.717, 1.165) is 24.3 Å². The number of piperidine rings is 1. The van der Waals surface area contributed by atoms with Crippen molar-refractivity contribution < 1.29 is 9.26 Å². The molecule has 0 radical (unpaired) electrons. The Morgan fingerprint density at radius 1 is 1.12 bits per heavy atom. The highest BCUT2D eigenvalue weighted by Crippen LogP contribution is 2.33. The lowest BCUT2D eigenvalue weighted by Gasteiger charge is -2.29. The van der Waals surface area contributed by atoms with Gasteiger partial charge in [-0.15, -0.1) is 0 Å². The Kier molecular flexibility index (Phi) is 4.43. The Bertz CT molecular complexity index is 834. The van der Waals surface area contributed by atoms with Gasteiger partial charge >= 0.3 is 0 Å². The number of ether oxygens (including phenoxy) is 1. The lowest BCUT2D eigenvalue weighted by atomic mass is 10.0. The molecule has 3 aromatic rings. The van der Waals surface area contributed by atoms with Gasteiger partial charge in [0.1, 0.15) is 5.75 Å². The smallest absolute Gasteiger partial charge is 0.244 e. The third-order valence-corrected chi connectivity index (χ3v) is 4.47. The Morgan fingerprint density at radius 3 is 2.84 bits per heavy atom. The van der Waals surface area contributed by atoms with E-state index in [1.54, 1.807) is 6.20 Å². The van der Waals surface area contributed by atoms with Gasteiger partial charge < -0.3 is 9.26 Å². The summed E-state index contributed by atoms with van der Waals surface area (Å²) in [6.45, 7) is 1.05. The maximum absolute atomic E-state index is 5.90. The lowest BCUT2D eigenvalue weighted by Crippen LogP contribution is -2.29. The van der Waals surface area contributed by atoms with Crippen molar-refractivity contribution in [3.8, 4) is 23.0 Å². The zero-order valence-corrected chi connectivity index (χ0v) is 14.1. The fraction of sp³-hybridized carbons (Fsp3) is 0.316. The van der Waals surface area contributed by atoms with Crippen molar-refractivity contribution in [3.63, 3.8) is 0 Å². The molecular weight excluding hydrogens is 316 g/mol. The van der Waals surface area contributed by atoms with Crippen LogP contribution in [0.5, 0.6) is 11.6 Å². The largest absolute Gasteiger partial charge is 0.438 e. The van der Waals surface area contributed by atoms with E-state index in [4.69, 9.17) is 9.26 Å². The van der Waals surface area contributed by atoms with Gasteiger partial charge in [-0.05, 0) is 50.7 Å². The number of likely N-dealkylation sites (tertiary alicyclic amines) is 1. The maximum Gasteiger partial charge on any atom is 0.244 e. The topological polar surface area (TPSA) is 64.3 Å². The van der Waals surface area contributed by atoms with Crippen LogP contribution in [0.3, 0.4) is 0 Å². The Balaban J connectivity index is 1.62. The van der Waals surface area contributed by atoms with Crippen molar-refractivity contribution >= 4 is 0 Å². The van der Waals surface area contributed by atoms with Crippen LogP contribution in [-0.2, 0) is 0 Å². The SMILES string of the molecule is CN1CCCC[C@H]1c1nc(-c2cccnc2Oc2ccccc2)no1. The zero-order chi connectivity index (χ0) is 17.1. The molecule has 1 aliphatic heterocycles. The van der Waals surface area contributed by atoms with Gasteiger partial charge in [0.05, 0.1) is 11.6 Å². The molecule has 1 aromatic carbocycles. The minimum Gasteiger partial charge on any atom is -0.438 e. The Morgan fingerprint density at radius 2 is 2.00 bits per heavy atom. The molecule has 1 saturated heterocycles. The van der Waals surface area contributed by atoms with Gasteiger partial charge in [0, 0.05) is 6.20 Å². The standard InChI is InChI=1S/C19H20N4O2/c1-23-13-6-5-11-16(23)19-21-17(22-25-19)15-10-7-12-20-18(15)24-14-8-3-2-4-9-14/h2-4,7-10,12,16H,5-6,11,13H2,1H3/t16-/m0/s1. The first kappa shape index (κ1) is 15.8. The van der Waals surface area contributed by atoms with Crippen molar-refractivity contribution in [2.45, 2.75) is 25.3 Å². The summed E-state index contributed by atoms with van der Waals surface area (Å²) in [6, 6.07) is 13.5. The monoisotopic (exact) mass is 336 g/mol. The molecule has 0 saturated carbocycles. The van der Waals surface area contributed by atoms with Crippen LogP contribution in [0.1, 0.15) is 31.2 Å². The molecule has 0 unspecified atom stereocenters. The average Bonchev–Trinajstić information content (AvgIpc) is 3.13. The second-order valence-electron chi connectivity index (χ2n) is 6.22. The van der Waals surface area contributed by atoms with E-state index < -0.39 is 0 Å². The molecule has 1 fully saturated rings. The molecule has 0 N–H and O–H groups in total. The molecule has 0 bridgehead atoms. The van der Waals surface area contributed by atoms with E-state index in [1.807, 2.05) is 42.5 Å². The first-order chi connectivity index (χ1) is 12.3. The highest BCUT2D eigenvalue weighted by molar-refractivity contribution is 5.61. The van der Waals surface area contributed by atoms with Crippen molar-refractivity contribution in [2.75, 3.05) is 13.6 Å². The molecule has 2 aromatic heterocycles. The molecule has 4 rings (SSSR count). The van der Waals surface area contributed by atoms with Gasteiger partial charge in [0.15, 0.2) is 0 Å². The first-order valence-corrected chi connectivity index (χ1v) is 8.53. The molecule has 1 atom stereocenters. The number of para-hydroxylation sites is 1. The average molecular weight is 336 g/mol. The van der Waals surface area contributed by atoms with Crippen LogP contribution in [0.4, 0.5) is 0 Å². The molecule has 6 heteroatoms. The maximum atomic E-state index is 5.90. The van der Waals surface area contributed by atoms with Crippen LogP contribution in [0.2, 0.25) is 0 Å². The number of hydrogen-bond acceptors (Lipinski definition) is 6. The van der Waals surface area contributed by atoms with Crippen molar-refractivity contribution in [1.29, 1.82) is 0 Å². The number of benzene rings is 1. The summed E-state index contributed by atoms with van der Waals surface area (Å²) in [5, 5.41) is 4.17. The fourth-order valence-electron chi connectivity index (χ4n) is 3.11. The van der Waals surface area contributed by atoms with Crippen LogP contribution in [0, 0.1) is 0 Å². The summed E-state index contributed by atoms with van der Waals surface area (Å²) in [4.78, 5) is 11.2. The molecule has 1 aliphatic rings. The molecule has 0 aliphatic carbocycles. The van der Waals surface area contributed by atoms with Crippen LogP contribution in [0.25, 0.3) is 11.4 Å². The molecule has 25 heavy (non-hydrogen) atoms. The van der Waals surface area contributed by atoms with E-state index >= 15 is 0 Å². The molecule has 0 spiro atoms. The Labute approximate surface area is 146 Å². The first-order valence-electron chi connectivity index (χ1n) is 8.53. The molecule has 0 amide bonds. The van der Waals surface area contributed by atoms with Crippen LogP contribution >= 0.6 is 0 Å². The highest BCUT2D eigenvalue weighted by Gasteiger charge is 2.27. The second kappa shape index (κ2) is 7.03. The van der Waals surface area contributed by atoms with E-state index in [1.165, 1.54) is 12.8 Å². The summed E-state index contributed by atoms with van der Waals surface area (Å²) in [5.41, 5.74) is 0.722. The van der Waals surface area contributed by atoms with Gasteiger partial charge in [-0.1, -0.05) is 29.8 Å². The molecule has 3 heterocycles. The molecule has 6 nitrogen and oxygen atoms in total. The lowest BCUT2D eigenvalue weighted by molar-refractivity contribution is 0.150. The third kappa shape index (κ3) is 3.39. The Hall–Kier alpha value is -2.73. The predicted octanol–water partition coefficient (Wildman–Crippen LogP) is 4.08. The third-order valence-electron chi connectivity index (χ3n) is 4.47. The predicted molar refractivity (Wildman–Crippen MR) is 93.3 cm³/mol. The van der Waals surface area contributed by atoms with Crippen molar-refractivity contribution in [3.05, 3.63) is 54.6 Å². The minimum absolute atomic E-state index is 0.185. The number of pyridine rings is 1. The van der Waals surface area contributed by atoms with Gasteiger partial charge in [-0.2, -0.15) is 4.98 Å². The summed E-state index contributed by atoms with van der Waals surface area (Å²) < 4.78 is 11.4. The highest BCUT2D eigenvalue weighted by atomic mass is 16.5. The normalized spacial score (nSPS) is 18.2. The van der Waals surface area contributed by atoms with E-state index in [0.29, 0.717) is 17.6 Å². The van der Waals surface area contributed by atoms with Gasteiger partial charge in [-0.25, -0.2) is 4.98 Å².